The smallest absolute Gasteiger partial charge is 0.261 e. The fourth-order valence-electron chi connectivity index (χ4n) is 3.59. The van der Waals surface area contributed by atoms with Crippen molar-refractivity contribution < 1.29 is 17.2 Å². The van der Waals surface area contributed by atoms with Crippen LogP contribution in [-0.4, -0.2) is 23.2 Å². The van der Waals surface area contributed by atoms with Crippen LogP contribution in [0.2, 0.25) is 0 Å². The number of rotatable bonds is 5. The fourth-order valence-corrected chi connectivity index (χ4v) is 4.65. The van der Waals surface area contributed by atoms with E-state index in [0.29, 0.717) is 12.6 Å². The van der Waals surface area contributed by atoms with Crippen molar-refractivity contribution in [3.63, 3.8) is 0 Å². The van der Waals surface area contributed by atoms with Crippen LogP contribution in [0.5, 0.6) is 0 Å². The topological polar surface area (TPSA) is 76.9 Å². The second kappa shape index (κ2) is 8.14. The van der Waals surface area contributed by atoms with Crippen LogP contribution in [0, 0.1) is 11.6 Å². The number of aromatic nitrogens is 3. The molecule has 2 heterocycles. The molecular weight excluding hydrogens is 410 g/mol. The third kappa shape index (κ3) is 3.94. The lowest BCUT2D eigenvalue weighted by Crippen LogP contribution is -2.14. The minimum atomic E-state index is -4.04. The van der Waals surface area contributed by atoms with Crippen LogP contribution in [0.25, 0.3) is 11.4 Å². The second-order valence-corrected chi connectivity index (χ2v) is 9.00. The summed E-state index contributed by atoms with van der Waals surface area (Å²) in [6.07, 6.45) is 4.44. The van der Waals surface area contributed by atoms with E-state index in [9.17, 15) is 17.2 Å². The van der Waals surface area contributed by atoms with Crippen molar-refractivity contribution in [2.45, 2.75) is 50.5 Å². The van der Waals surface area contributed by atoms with Crippen molar-refractivity contribution in [2.75, 3.05) is 4.72 Å². The van der Waals surface area contributed by atoms with Gasteiger partial charge < -0.3 is 4.57 Å². The maximum Gasteiger partial charge on any atom is 0.261 e. The lowest BCUT2D eigenvalue weighted by molar-refractivity contribution is 0.581. The quantitative estimate of drug-likeness (QED) is 0.652. The molecule has 0 unspecified atom stereocenters. The van der Waals surface area contributed by atoms with E-state index in [1.165, 1.54) is 12.1 Å². The second-order valence-electron chi connectivity index (χ2n) is 7.32. The lowest BCUT2D eigenvalue weighted by Gasteiger charge is -2.13. The molecule has 0 saturated carbocycles. The van der Waals surface area contributed by atoms with Gasteiger partial charge in [0.25, 0.3) is 10.0 Å². The number of hydrogen-bond donors (Lipinski definition) is 1. The van der Waals surface area contributed by atoms with Crippen LogP contribution in [0.1, 0.15) is 37.6 Å². The molecule has 0 amide bonds. The van der Waals surface area contributed by atoms with Crippen LogP contribution < -0.4 is 4.72 Å². The summed E-state index contributed by atoms with van der Waals surface area (Å²) in [4.78, 5) is 0.00122. The highest BCUT2D eigenvalue weighted by Gasteiger charge is 2.23. The van der Waals surface area contributed by atoms with Gasteiger partial charge in [0.2, 0.25) is 0 Å². The number of nitrogens with one attached hydrogen (secondary N) is 1. The Morgan fingerprint density at radius 3 is 2.53 bits per heavy atom. The van der Waals surface area contributed by atoms with Gasteiger partial charge in [-0.05, 0) is 43.0 Å². The number of sulfonamides is 1. The zero-order chi connectivity index (χ0) is 21.3. The molecular formula is C21H22F2N4O2S. The minimum Gasteiger partial charge on any atom is -0.311 e. The number of nitrogens with zero attached hydrogens (tertiary/aromatic N) is 3. The van der Waals surface area contributed by atoms with E-state index >= 15 is 0 Å². The highest BCUT2D eigenvalue weighted by molar-refractivity contribution is 7.92. The first-order valence-corrected chi connectivity index (χ1v) is 11.4. The lowest BCUT2D eigenvalue weighted by atomic mass is 10.1. The molecule has 0 spiro atoms. The molecule has 158 valence electrons. The van der Waals surface area contributed by atoms with E-state index in [4.69, 9.17) is 0 Å². The normalized spacial score (nSPS) is 14.2. The third-order valence-corrected chi connectivity index (χ3v) is 6.67. The van der Waals surface area contributed by atoms with Gasteiger partial charge in [0.05, 0.1) is 16.1 Å². The van der Waals surface area contributed by atoms with Crippen molar-refractivity contribution in [3.05, 3.63) is 59.4 Å². The summed E-state index contributed by atoms with van der Waals surface area (Å²) >= 11 is 0. The van der Waals surface area contributed by atoms with E-state index in [-0.39, 0.29) is 22.0 Å². The van der Waals surface area contributed by atoms with E-state index in [0.717, 1.165) is 49.6 Å². The van der Waals surface area contributed by atoms with E-state index < -0.39 is 21.7 Å². The standard InChI is InChI=1S/C21H22F2N4O2S/c1-2-14-7-9-15(10-8-14)30(28,29)26-19-12-16(17(22)13-18(19)23)21-25-24-20-6-4-3-5-11-27(20)21/h7-10,12-13,26H,2-6,11H2,1H3. The maximum atomic E-state index is 14.6. The fraction of sp³-hybridized carbons (Fsp3) is 0.333. The molecule has 4 rings (SSSR count). The maximum absolute atomic E-state index is 14.6. The Hall–Kier alpha value is -2.81. The van der Waals surface area contributed by atoms with Gasteiger partial charge in [0.1, 0.15) is 17.5 Å². The number of hydrogen-bond acceptors (Lipinski definition) is 4. The van der Waals surface area contributed by atoms with Crippen molar-refractivity contribution >= 4 is 15.7 Å². The van der Waals surface area contributed by atoms with Gasteiger partial charge in [-0.1, -0.05) is 25.5 Å². The van der Waals surface area contributed by atoms with E-state index in [1.807, 2.05) is 11.5 Å². The van der Waals surface area contributed by atoms with Gasteiger partial charge in [-0.2, -0.15) is 0 Å². The highest BCUT2D eigenvalue weighted by atomic mass is 32.2. The molecule has 1 aliphatic heterocycles. The first-order chi connectivity index (χ1) is 14.4. The molecule has 6 nitrogen and oxygen atoms in total. The Morgan fingerprint density at radius 2 is 1.80 bits per heavy atom. The summed E-state index contributed by atoms with van der Waals surface area (Å²) in [6, 6.07) is 8.14. The van der Waals surface area contributed by atoms with Crippen LogP contribution in [0.4, 0.5) is 14.5 Å². The zero-order valence-electron chi connectivity index (χ0n) is 16.5. The Balaban J connectivity index is 1.71. The molecule has 1 aromatic heterocycles. The predicted octanol–water partition coefficient (Wildman–Crippen LogP) is 4.31. The first kappa shape index (κ1) is 20.5. The molecule has 1 aliphatic rings. The van der Waals surface area contributed by atoms with Gasteiger partial charge in [-0.3, -0.25) is 4.72 Å². The van der Waals surface area contributed by atoms with Gasteiger partial charge in [0, 0.05) is 19.0 Å². The Kier molecular flexibility index (Phi) is 5.55. The largest absolute Gasteiger partial charge is 0.311 e. The molecule has 2 aromatic carbocycles. The third-order valence-electron chi connectivity index (χ3n) is 5.29. The summed E-state index contributed by atoms with van der Waals surface area (Å²) in [7, 11) is -4.04. The number of benzene rings is 2. The van der Waals surface area contributed by atoms with Gasteiger partial charge in [-0.15, -0.1) is 10.2 Å². The van der Waals surface area contributed by atoms with Gasteiger partial charge >= 0.3 is 0 Å². The zero-order valence-corrected chi connectivity index (χ0v) is 17.3. The Labute approximate surface area is 174 Å². The molecule has 0 aliphatic carbocycles. The molecule has 3 aromatic rings. The van der Waals surface area contributed by atoms with Crippen molar-refractivity contribution in [2.24, 2.45) is 0 Å². The molecule has 0 fully saturated rings. The van der Waals surface area contributed by atoms with Crippen molar-refractivity contribution in [1.29, 1.82) is 0 Å². The average molecular weight is 432 g/mol. The van der Waals surface area contributed by atoms with Gasteiger partial charge in [0.15, 0.2) is 5.82 Å². The molecule has 0 bridgehead atoms. The summed E-state index contributed by atoms with van der Waals surface area (Å²) in [5, 5.41) is 8.23. The minimum absolute atomic E-state index is 0.00122. The van der Waals surface area contributed by atoms with Crippen LogP contribution in [0.3, 0.4) is 0 Å². The Bertz CT molecular complexity index is 1170. The number of anilines is 1. The van der Waals surface area contributed by atoms with Crippen LogP contribution in [-0.2, 0) is 29.4 Å². The van der Waals surface area contributed by atoms with Gasteiger partial charge in [-0.25, -0.2) is 17.2 Å². The predicted molar refractivity (Wildman–Crippen MR) is 110 cm³/mol. The van der Waals surface area contributed by atoms with E-state index in [2.05, 4.69) is 14.9 Å². The van der Waals surface area contributed by atoms with Crippen LogP contribution in [0.15, 0.2) is 41.3 Å². The monoisotopic (exact) mass is 432 g/mol. The SMILES string of the molecule is CCc1ccc(S(=O)(=O)Nc2cc(-c3nnc4n3CCCCC4)c(F)cc2F)cc1. The molecule has 30 heavy (non-hydrogen) atoms. The summed E-state index contributed by atoms with van der Waals surface area (Å²) in [6.45, 7) is 2.60. The molecule has 0 radical (unpaired) electrons. The summed E-state index contributed by atoms with van der Waals surface area (Å²) in [5.74, 6) is -0.788. The number of fused-ring (bicyclic) bond motifs is 1. The molecule has 1 N–H and O–H groups in total. The molecule has 9 heteroatoms. The number of aryl methyl sites for hydroxylation is 2. The average Bonchev–Trinajstić information content (AvgIpc) is 2.97. The van der Waals surface area contributed by atoms with E-state index in [1.54, 1.807) is 12.1 Å². The first-order valence-electron chi connectivity index (χ1n) is 9.92. The van der Waals surface area contributed by atoms with Crippen LogP contribution >= 0.6 is 0 Å². The highest BCUT2D eigenvalue weighted by Crippen LogP contribution is 2.30. The number of halogens is 2. The van der Waals surface area contributed by atoms with Crippen molar-refractivity contribution in [3.8, 4) is 11.4 Å². The summed E-state index contributed by atoms with van der Waals surface area (Å²) < 4.78 is 58.5. The Morgan fingerprint density at radius 1 is 1.03 bits per heavy atom. The molecule has 0 atom stereocenters. The van der Waals surface area contributed by atoms with Crippen molar-refractivity contribution in [1.82, 2.24) is 14.8 Å². The summed E-state index contributed by atoms with van der Waals surface area (Å²) in [5.41, 5.74) is 0.657. The molecule has 0 saturated heterocycles.